The molecule has 25 heavy (non-hydrogen) atoms. The van der Waals surface area contributed by atoms with Crippen LogP contribution in [-0.2, 0) is 17.8 Å². The summed E-state index contributed by atoms with van der Waals surface area (Å²) in [6.07, 6.45) is 3.79. The molecule has 2 aliphatic heterocycles. The van der Waals surface area contributed by atoms with E-state index in [4.69, 9.17) is 0 Å². The lowest BCUT2D eigenvalue weighted by atomic mass is 9.89. The van der Waals surface area contributed by atoms with Crippen molar-refractivity contribution in [1.29, 1.82) is 0 Å². The average Bonchev–Trinajstić information content (AvgIpc) is 3.19. The molecule has 3 nitrogen and oxygen atoms in total. The van der Waals surface area contributed by atoms with Crippen LogP contribution in [-0.4, -0.2) is 23.9 Å². The Hall–Kier alpha value is -2.13. The van der Waals surface area contributed by atoms with E-state index in [2.05, 4.69) is 58.7 Å². The topological polar surface area (TPSA) is 32.3 Å². The quantitative estimate of drug-likeness (QED) is 0.924. The first-order chi connectivity index (χ1) is 12.3. The number of carbonyl (C=O) groups excluding carboxylic acids is 1. The van der Waals surface area contributed by atoms with Gasteiger partial charge in [0.25, 0.3) is 0 Å². The zero-order chi connectivity index (χ0) is 17.1. The Morgan fingerprint density at radius 3 is 2.56 bits per heavy atom. The minimum absolute atomic E-state index is 0.158. The van der Waals surface area contributed by atoms with Gasteiger partial charge >= 0.3 is 0 Å². The van der Waals surface area contributed by atoms with Crippen molar-refractivity contribution in [3.63, 3.8) is 0 Å². The Labute approximate surface area is 150 Å². The molecule has 2 aliphatic rings. The van der Waals surface area contributed by atoms with Crippen LogP contribution in [0.5, 0.6) is 0 Å². The van der Waals surface area contributed by atoms with Crippen LogP contribution < -0.4 is 5.32 Å². The number of hydrogen-bond donors (Lipinski definition) is 1. The van der Waals surface area contributed by atoms with Gasteiger partial charge in [-0.15, -0.1) is 0 Å². The molecule has 3 heteroatoms. The van der Waals surface area contributed by atoms with E-state index in [0.29, 0.717) is 18.2 Å². The number of carbonyl (C=O) groups is 1. The SMILES string of the molecule is O=C(CCC1CCNC1)N1Cc2ccccc2CC1c1ccccc1. The van der Waals surface area contributed by atoms with Gasteiger partial charge in [-0.1, -0.05) is 54.6 Å². The number of nitrogens with one attached hydrogen (secondary N) is 1. The first-order valence-electron chi connectivity index (χ1n) is 9.43. The smallest absolute Gasteiger partial charge is 0.223 e. The molecule has 2 aromatic rings. The zero-order valence-electron chi connectivity index (χ0n) is 14.7. The Bertz CT molecular complexity index is 722. The molecule has 2 heterocycles. The fourth-order valence-electron chi connectivity index (χ4n) is 4.19. The number of amides is 1. The van der Waals surface area contributed by atoms with Crippen LogP contribution in [0.15, 0.2) is 54.6 Å². The summed E-state index contributed by atoms with van der Waals surface area (Å²) in [5, 5.41) is 3.40. The van der Waals surface area contributed by atoms with Gasteiger partial charge in [0.15, 0.2) is 0 Å². The minimum Gasteiger partial charge on any atom is -0.331 e. The van der Waals surface area contributed by atoms with Crippen molar-refractivity contribution in [2.24, 2.45) is 5.92 Å². The van der Waals surface area contributed by atoms with Crippen molar-refractivity contribution in [3.05, 3.63) is 71.3 Å². The molecule has 130 valence electrons. The Kier molecular flexibility index (Phi) is 4.84. The third-order valence-electron chi connectivity index (χ3n) is 5.68. The van der Waals surface area contributed by atoms with E-state index in [1.54, 1.807) is 0 Å². The number of benzene rings is 2. The van der Waals surface area contributed by atoms with Crippen LogP contribution in [0, 0.1) is 5.92 Å². The van der Waals surface area contributed by atoms with E-state index in [9.17, 15) is 4.79 Å². The van der Waals surface area contributed by atoms with Gasteiger partial charge in [-0.2, -0.15) is 0 Å². The second-order valence-corrected chi connectivity index (χ2v) is 7.32. The van der Waals surface area contributed by atoms with Gasteiger partial charge in [-0.05, 0) is 55.0 Å². The molecule has 0 aliphatic carbocycles. The molecule has 1 fully saturated rings. The fourth-order valence-corrected chi connectivity index (χ4v) is 4.19. The van der Waals surface area contributed by atoms with E-state index >= 15 is 0 Å². The largest absolute Gasteiger partial charge is 0.331 e. The third kappa shape index (κ3) is 3.62. The van der Waals surface area contributed by atoms with E-state index in [-0.39, 0.29) is 6.04 Å². The summed E-state index contributed by atoms with van der Waals surface area (Å²) in [4.78, 5) is 15.2. The number of fused-ring (bicyclic) bond motifs is 1. The van der Waals surface area contributed by atoms with E-state index < -0.39 is 0 Å². The predicted octanol–water partition coefficient (Wildman–Crippen LogP) is 3.70. The first-order valence-corrected chi connectivity index (χ1v) is 9.43. The van der Waals surface area contributed by atoms with Crippen molar-refractivity contribution in [1.82, 2.24) is 10.2 Å². The highest BCUT2D eigenvalue weighted by atomic mass is 16.2. The first kappa shape index (κ1) is 16.3. The van der Waals surface area contributed by atoms with E-state index in [1.807, 2.05) is 6.07 Å². The maximum absolute atomic E-state index is 13.1. The summed E-state index contributed by atoms with van der Waals surface area (Å²) < 4.78 is 0. The highest BCUT2D eigenvalue weighted by Crippen LogP contribution is 2.34. The summed E-state index contributed by atoms with van der Waals surface area (Å²) in [7, 11) is 0. The van der Waals surface area contributed by atoms with Gasteiger partial charge in [-0.3, -0.25) is 4.79 Å². The van der Waals surface area contributed by atoms with Crippen LogP contribution in [0.25, 0.3) is 0 Å². The summed E-state index contributed by atoms with van der Waals surface area (Å²) in [6, 6.07) is 19.2. The van der Waals surface area contributed by atoms with Gasteiger partial charge in [0, 0.05) is 13.0 Å². The van der Waals surface area contributed by atoms with Crippen LogP contribution in [0.4, 0.5) is 0 Å². The Morgan fingerprint density at radius 2 is 1.80 bits per heavy atom. The van der Waals surface area contributed by atoms with Gasteiger partial charge in [0.2, 0.25) is 5.91 Å². The number of rotatable bonds is 4. The molecular weight excluding hydrogens is 308 g/mol. The summed E-state index contributed by atoms with van der Waals surface area (Å²) in [5.74, 6) is 0.964. The van der Waals surface area contributed by atoms with Gasteiger partial charge < -0.3 is 10.2 Å². The molecule has 2 unspecified atom stereocenters. The highest BCUT2D eigenvalue weighted by Gasteiger charge is 2.30. The molecule has 1 amide bonds. The van der Waals surface area contributed by atoms with E-state index in [0.717, 1.165) is 32.5 Å². The van der Waals surface area contributed by atoms with Crippen molar-refractivity contribution in [3.8, 4) is 0 Å². The minimum atomic E-state index is 0.158. The van der Waals surface area contributed by atoms with Crippen molar-refractivity contribution < 1.29 is 4.79 Å². The summed E-state index contributed by atoms with van der Waals surface area (Å²) in [5.41, 5.74) is 3.92. The fraction of sp³-hybridized carbons (Fsp3) is 0.409. The normalized spacial score (nSPS) is 22.6. The number of hydrogen-bond acceptors (Lipinski definition) is 2. The van der Waals surface area contributed by atoms with E-state index in [1.165, 1.54) is 23.1 Å². The molecule has 0 aromatic heterocycles. The van der Waals surface area contributed by atoms with Crippen LogP contribution in [0.1, 0.15) is 42.0 Å². The van der Waals surface area contributed by atoms with Crippen LogP contribution in [0.2, 0.25) is 0 Å². The standard InChI is InChI=1S/C22H26N2O/c25-22(11-10-17-12-13-23-15-17)24-16-20-9-5-4-8-19(20)14-21(24)18-6-2-1-3-7-18/h1-9,17,21,23H,10-16H2. The molecule has 0 radical (unpaired) electrons. The Morgan fingerprint density at radius 1 is 1.04 bits per heavy atom. The summed E-state index contributed by atoms with van der Waals surface area (Å²) in [6.45, 7) is 2.90. The monoisotopic (exact) mass is 334 g/mol. The molecule has 2 aromatic carbocycles. The molecule has 0 saturated carbocycles. The van der Waals surface area contributed by atoms with Crippen molar-refractivity contribution in [2.45, 2.75) is 38.3 Å². The maximum atomic E-state index is 13.1. The van der Waals surface area contributed by atoms with Gasteiger partial charge in [0.1, 0.15) is 0 Å². The van der Waals surface area contributed by atoms with Crippen LogP contribution in [0.3, 0.4) is 0 Å². The lowest BCUT2D eigenvalue weighted by Gasteiger charge is -2.37. The van der Waals surface area contributed by atoms with Crippen molar-refractivity contribution >= 4 is 5.91 Å². The molecule has 0 bridgehead atoms. The number of nitrogens with zero attached hydrogens (tertiary/aromatic N) is 1. The molecule has 1 N–H and O–H groups in total. The van der Waals surface area contributed by atoms with Gasteiger partial charge in [-0.25, -0.2) is 0 Å². The second-order valence-electron chi connectivity index (χ2n) is 7.32. The molecular formula is C22H26N2O. The average molecular weight is 334 g/mol. The van der Waals surface area contributed by atoms with Crippen LogP contribution >= 0.6 is 0 Å². The third-order valence-corrected chi connectivity index (χ3v) is 5.68. The van der Waals surface area contributed by atoms with Gasteiger partial charge in [0.05, 0.1) is 6.04 Å². The summed E-state index contributed by atoms with van der Waals surface area (Å²) >= 11 is 0. The zero-order valence-corrected chi connectivity index (χ0v) is 14.7. The molecule has 2 atom stereocenters. The predicted molar refractivity (Wildman–Crippen MR) is 100 cm³/mol. The second kappa shape index (κ2) is 7.40. The molecule has 1 saturated heterocycles. The highest BCUT2D eigenvalue weighted by molar-refractivity contribution is 5.77. The maximum Gasteiger partial charge on any atom is 0.223 e. The lowest BCUT2D eigenvalue weighted by Crippen LogP contribution is -2.39. The molecule has 4 rings (SSSR count). The Balaban J connectivity index is 1.55. The van der Waals surface area contributed by atoms with Crippen molar-refractivity contribution in [2.75, 3.05) is 13.1 Å². The molecule has 0 spiro atoms. The lowest BCUT2D eigenvalue weighted by molar-refractivity contribution is -0.135.